The van der Waals surface area contributed by atoms with Gasteiger partial charge in [-0.25, -0.2) is 9.48 Å². The van der Waals surface area contributed by atoms with Gasteiger partial charge in [0.2, 0.25) is 5.91 Å². The monoisotopic (exact) mass is 327 g/mol. The molecule has 0 radical (unpaired) electrons. The van der Waals surface area contributed by atoms with E-state index in [0.717, 1.165) is 4.68 Å². The fourth-order valence-corrected chi connectivity index (χ4v) is 2.32. The first-order valence-electron chi connectivity index (χ1n) is 7.22. The lowest BCUT2D eigenvalue weighted by atomic mass is 10.1. The van der Waals surface area contributed by atoms with Crippen LogP contribution in [0.1, 0.15) is 10.5 Å². The highest BCUT2D eigenvalue weighted by Gasteiger charge is 2.18. The number of carboxylic acid groups (broad SMARTS) is 1. The Labute approximate surface area is 138 Å². The second-order valence-corrected chi connectivity index (χ2v) is 5.04. The van der Waals surface area contributed by atoms with Crippen molar-refractivity contribution in [3.05, 3.63) is 65.6 Å². The normalized spacial score (nSPS) is 10.3. The molecule has 1 aromatic heterocycles. The van der Waals surface area contributed by atoms with Gasteiger partial charge in [0.05, 0.1) is 5.39 Å². The quantitative estimate of drug-likeness (QED) is 0.774. The molecule has 0 saturated carbocycles. The van der Waals surface area contributed by atoms with Crippen molar-refractivity contribution in [1.29, 1.82) is 0 Å². The summed E-state index contributed by atoms with van der Waals surface area (Å²) in [5.74, 6) is -1.64. The van der Waals surface area contributed by atoms with Gasteiger partial charge in [-0.3, -0.25) is 9.59 Å². The number of hydrogen-bond acceptors (Lipinski definition) is 4. The zero-order chi connectivity index (χ0) is 17.7. The third-order valence-electron chi connectivity index (χ3n) is 3.41. The number of nitrogens with zero attached hydrogens (tertiary/aromatic N) is 3. The molecule has 1 amide bonds. The molecule has 0 aliphatic heterocycles. The van der Waals surface area contributed by atoms with Gasteiger partial charge in [-0.15, -0.1) is 13.2 Å². The van der Waals surface area contributed by atoms with Crippen molar-refractivity contribution in [3.63, 3.8) is 0 Å². The van der Waals surface area contributed by atoms with E-state index in [1.165, 1.54) is 17.0 Å². The predicted octanol–water partition coefficient (Wildman–Crippen LogP) is 1.30. The van der Waals surface area contributed by atoms with Crippen molar-refractivity contribution in [2.45, 2.75) is 6.54 Å². The Bertz CT molecular complexity index is 860. The average molecular weight is 327 g/mol. The van der Waals surface area contributed by atoms with Crippen LogP contribution in [0.15, 0.2) is 54.4 Å². The van der Waals surface area contributed by atoms with E-state index in [1.807, 2.05) is 0 Å². The average Bonchev–Trinajstić information content (AvgIpc) is 2.57. The van der Waals surface area contributed by atoms with Crippen LogP contribution < -0.4 is 5.56 Å². The second kappa shape index (κ2) is 7.36. The van der Waals surface area contributed by atoms with Gasteiger partial charge >= 0.3 is 5.97 Å². The van der Waals surface area contributed by atoms with Crippen molar-refractivity contribution in [2.24, 2.45) is 0 Å². The van der Waals surface area contributed by atoms with Crippen LogP contribution in [0.4, 0.5) is 0 Å². The Hall–Kier alpha value is -3.22. The number of hydrogen-bond donors (Lipinski definition) is 1. The lowest BCUT2D eigenvalue weighted by molar-refractivity contribution is -0.131. The minimum absolute atomic E-state index is 0.205. The van der Waals surface area contributed by atoms with E-state index in [1.54, 1.807) is 24.3 Å². The van der Waals surface area contributed by atoms with Crippen molar-refractivity contribution < 1.29 is 14.7 Å². The van der Waals surface area contributed by atoms with Crippen molar-refractivity contribution in [1.82, 2.24) is 14.7 Å². The summed E-state index contributed by atoms with van der Waals surface area (Å²) >= 11 is 0. The lowest BCUT2D eigenvalue weighted by Gasteiger charge is -2.19. The molecule has 0 aliphatic rings. The molecule has 7 nitrogen and oxygen atoms in total. The third kappa shape index (κ3) is 3.40. The number of aromatic carboxylic acids is 1. The van der Waals surface area contributed by atoms with E-state index in [-0.39, 0.29) is 28.9 Å². The van der Waals surface area contributed by atoms with Gasteiger partial charge in [0.25, 0.3) is 5.56 Å². The molecule has 7 heteroatoms. The van der Waals surface area contributed by atoms with Gasteiger partial charge in [0, 0.05) is 18.5 Å². The number of fused-ring (bicyclic) bond motifs is 1. The second-order valence-electron chi connectivity index (χ2n) is 5.04. The zero-order valence-corrected chi connectivity index (χ0v) is 13.0. The van der Waals surface area contributed by atoms with Gasteiger partial charge in [0.15, 0.2) is 5.69 Å². The van der Waals surface area contributed by atoms with Crippen LogP contribution >= 0.6 is 0 Å². The molecule has 2 rings (SSSR count). The molecule has 24 heavy (non-hydrogen) atoms. The molecule has 124 valence electrons. The van der Waals surface area contributed by atoms with E-state index < -0.39 is 11.5 Å². The van der Waals surface area contributed by atoms with Crippen molar-refractivity contribution in [2.75, 3.05) is 13.1 Å². The Morgan fingerprint density at radius 2 is 1.75 bits per heavy atom. The number of rotatable bonds is 7. The van der Waals surface area contributed by atoms with Gasteiger partial charge in [-0.1, -0.05) is 30.4 Å². The zero-order valence-electron chi connectivity index (χ0n) is 13.0. The summed E-state index contributed by atoms with van der Waals surface area (Å²) in [6, 6.07) is 6.28. The van der Waals surface area contributed by atoms with Gasteiger partial charge < -0.3 is 10.0 Å². The minimum atomic E-state index is -1.26. The van der Waals surface area contributed by atoms with Crippen LogP contribution in [0.2, 0.25) is 0 Å². The van der Waals surface area contributed by atoms with E-state index in [9.17, 15) is 19.5 Å². The molecule has 0 fully saturated rings. The van der Waals surface area contributed by atoms with Crippen LogP contribution in [0.25, 0.3) is 10.8 Å². The molecule has 0 aliphatic carbocycles. The number of carbonyl (C=O) groups is 2. The fraction of sp³-hybridized carbons (Fsp3) is 0.176. The number of amides is 1. The summed E-state index contributed by atoms with van der Waals surface area (Å²) in [6.45, 7) is 7.38. The Kier molecular flexibility index (Phi) is 5.26. The fourth-order valence-electron chi connectivity index (χ4n) is 2.32. The summed E-state index contributed by atoms with van der Waals surface area (Å²) in [7, 11) is 0. The number of carboxylic acids is 1. The van der Waals surface area contributed by atoms with Crippen LogP contribution in [-0.2, 0) is 11.3 Å². The number of benzene rings is 1. The molecule has 1 N–H and O–H groups in total. The summed E-state index contributed by atoms with van der Waals surface area (Å²) in [6.07, 6.45) is 3.11. The largest absolute Gasteiger partial charge is 0.476 e. The third-order valence-corrected chi connectivity index (χ3v) is 3.41. The number of carbonyl (C=O) groups excluding carboxylic acids is 1. The Balaban J connectivity index is 2.49. The maximum Gasteiger partial charge on any atom is 0.357 e. The molecule has 2 aromatic rings. The summed E-state index contributed by atoms with van der Waals surface area (Å²) < 4.78 is 0.882. The number of aromatic nitrogens is 2. The molecule has 0 spiro atoms. The van der Waals surface area contributed by atoms with E-state index >= 15 is 0 Å². The standard InChI is InChI=1S/C17H17N3O4/c1-3-9-19(10-4-2)14(21)11-20-16(22)13-8-6-5-7-12(13)15(18-20)17(23)24/h3-8H,1-2,9-11H2,(H,23,24). The van der Waals surface area contributed by atoms with Crippen LogP contribution in [0.3, 0.4) is 0 Å². The molecular formula is C17H17N3O4. The van der Waals surface area contributed by atoms with Gasteiger partial charge in [-0.2, -0.15) is 5.10 Å². The molecule has 0 atom stereocenters. The minimum Gasteiger partial charge on any atom is -0.476 e. The summed E-state index contributed by atoms with van der Waals surface area (Å²) in [5.41, 5.74) is -0.780. The SMILES string of the molecule is C=CCN(CC=C)C(=O)Cn1nc(C(=O)O)c2ccccc2c1=O. The first-order chi connectivity index (χ1) is 11.5. The summed E-state index contributed by atoms with van der Waals surface area (Å²) in [5, 5.41) is 13.6. The lowest BCUT2D eigenvalue weighted by Crippen LogP contribution is -2.38. The van der Waals surface area contributed by atoms with E-state index in [4.69, 9.17) is 0 Å². The molecule has 1 heterocycles. The summed E-state index contributed by atoms with van der Waals surface area (Å²) in [4.78, 5) is 37.7. The predicted molar refractivity (Wildman–Crippen MR) is 89.9 cm³/mol. The first-order valence-corrected chi connectivity index (χ1v) is 7.22. The highest BCUT2D eigenvalue weighted by atomic mass is 16.4. The van der Waals surface area contributed by atoms with Crippen LogP contribution in [-0.4, -0.2) is 44.8 Å². The molecule has 0 saturated heterocycles. The van der Waals surface area contributed by atoms with Crippen LogP contribution in [0, 0.1) is 0 Å². The van der Waals surface area contributed by atoms with Gasteiger partial charge in [0.1, 0.15) is 6.54 Å². The van der Waals surface area contributed by atoms with E-state index in [2.05, 4.69) is 18.3 Å². The molecule has 0 bridgehead atoms. The maximum absolute atomic E-state index is 12.5. The van der Waals surface area contributed by atoms with Crippen molar-refractivity contribution in [3.8, 4) is 0 Å². The first kappa shape index (κ1) is 17.1. The molecule has 1 aromatic carbocycles. The molecular weight excluding hydrogens is 310 g/mol. The highest BCUT2D eigenvalue weighted by molar-refractivity contribution is 6.01. The Morgan fingerprint density at radius 1 is 1.17 bits per heavy atom. The van der Waals surface area contributed by atoms with Gasteiger partial charge in [-0.05, 0) is 6.07 Å². The topological polar surface area (TPSA) is 92.5 Å². The van der Waals surface area contributed by atoms with E-state index in [0.29, 0.717) is 13.1 Å². The highest BCUT2D eigenvalue weighted by Crippen LogP contribution is 2.13. The van der Waals surface area contributed by atoms with Crippen molar-refractivity contribution >= 4 is 22.6 Å². The smallest absolute Gasteiger partial charge is 0.357 e. The molecule has 0 unspecified atom stereocenters. The maximum atomic E-state index is 12.5. The van der Waals surface area contributed by atoms with Crippen LogP contribution in [0.5, 0.6) is 0 Å². The Morgan fingerprint density at radius 3 is 2.29 bits per heavy atom.